The predicted octanol–water partition coefficient (Wildman–Crippen LogP) is 3.97. The van der Waals surface area contributed by atoms with Crippen LogP contribution in [0.2, 0.25) is 0 Å². The van der Waals surface area contributed by atoms with Crippen molar-refractivity contribution in [3.63, 3.8) is 0 Å². The van der Waals surface area contributed by atoms with Crippen LogP contribution >= 0.6 is 0 Å². The van der Waals surface area contributed by atoms with Crippen molar-refractivity contribution in [1.29, 1.82) is 0 Å². The molecule has 6 nitrogen and oxygen atoms in total. The van der Waals surface area contributed by atoms with Crippen molar-refractivity contribution in [3.8, 4) is 11.5 Å². The standard InChI is InChI=1S/C25H34N2O4/c1-6-18(3)26-25(29)23(7-2)27(17-20-9-8-10-22(15-20)31-5)24(28)16-19-11-13-21(30-4)14-12-19/h8-15,18,23H,6-7,16-17H2,1-5H3,(H,26,29). The fraction of sp³-hybridized carbons (Fsp3) is 0.440. The van der Waals surface area contributed by atoms with E-state index in [1.54, 1.807) is 19.1 Å². The van der Waals surface area contributed by atoms with Crippen molar-refractivity contribution in [3.05, 3.63) is 59.7 Å². The molecule has 2 aromatic carbocycles. The van der Waals surface area contributed by atoms with Gasteiger partial charge in [0.25, 0.3) is 0 Å². The first-order chi connectivity index (χ1) is 14.9. The van der Waals surface area contributed by atoms with Gasteiger partial charge in [0.1, 0.15) is 17.5 Å². The number of benzene rings is 2. The first kappa shape index (κ1) is 24.3. The molecule has 0 aliphatic carbocycles. The number of carbonyl (C=O) groups is 2. The summed E-state index contributed by atoms with van der Waals surface area (Å²) in [5.74, 6) is 1.24. The van der Waals surface area contributed by atoms with E-state index in [1.807, 2.05) is 69.3 Å². The monoisotopic (exact) mass is 426 g/mol. The molecule has 2 aromatic rings. The SMILES string of the molecule is CCC(C)NC(=O)C(CC)N(Cc1cccc(OC)c1)C(=O)Cc1ccc(OC)cc1. The summed E-state index contributed by atoms with van der Waals surface area (Å²) in [4.78, 5) is 28.0. The van der Waals surface area contributed by atoms with Crippen LogP contribution in [0.1, 0.15) is 44.7 Å². The van der Waals surface area contributed by atoms with Gasteiger partial charge >= 0.3 is 0 Å². The Kier molecular flexibility index (Phi) is 9.38. The highest BCUT2D eigenvalue weighted by atomic mass is 16.5. The van der Waals surface area contributed by atoms with Crippen LogP contribution in [0.25, 0.3) is 0 Å². The van der Waals surface area contributed by atoms with Crippen LogP contribution < -0.4 is 14.8 Å². The Hall–Kier alpha value is -3.02. The highest BCUT2D eigenvalue weighted by Gasteiger charge is 2.29. The molecule has 0 aromatic heterocycles. The number of ether oxygens (including phenoxy) is 2. The Balaban J connectivity index is 2.29. The molecule has 0 fully saturated rings. The minimum atomic E-state index is -0.550. The summed E-state index contributed by atoms with van der Waals surface area (Å²) < 4.78 is 10.5. The number of carbonyl (C=O) groups excluding carboxylic acids is 2. The van der Waals surface area contributed by atoms with E-state index in [1.165, 1.54) is 0 Å². The van der Waals surface area contributed by atoms with Crippen LogP contribution in [0.15, 0.2) is 48.5 Å². The van der Waals surface area contributed by atoms with Gasteiger partial charge in [-0.05, 0) is 55.2 Å². The molecule has 0 bridgehead atoms. The quantitative estimate of drug-likeness (QED) is 0.590. The van der Waals surface area contributed by atoms with Crippen molar-refractivity contribution in [1.82, 2.24) is 10.2 Å². The van der Waals surface area contributed by atoms with Crippen molar-refractivity contribution in [2.45, 2.75) is 58.7 Å². The highest BCUT2D eigenvalue weighted by molar-refractivity contribution is 5.88. The lowest BCUT2D eigenvalue weighted by atomic mass is 10.1. The van der Waals surface area contributed by atoms with Crippen molar-refractivity contribution < 1.29 is 19.1 Å². The van der Waals surface area contributed by atoms with Gasteiger partial charge in [-0.3, -0.25) is 9.59 Å². The van der Waals surface area contributed by atoms with E-state index in [0.717, 1.165) is 29.0 Å². The molecule has 168 valence electrons. The molecule has 2 atom stereocenters. The number of hydrogen-bond acceptors (Lipinski definition) is 4. The summed E-state index contributed by atoms with van der Waals surface area (Å²) in [6.07, 6.45) is 1.57. The molecular formula is C25H34N2O4. The van der Waals surface area contributed by atoms with E-state index < -0.39 is 6.04 Å². The zero-order valence-corrected chi connectivity index (χ0v) is 19.2. The molecule has 2 rings (SSSR count). The molecule has 6 heteroatoms. The molecule has 31 heavy (non-hydrogen) atoms. The average Bonchev–Trinajstić information content (AvgIpc) is 2.79. The van der Waals surface area contributed by atoms with Crippen LogP contribution in [0, 0.1) is 0 Å². The van der Waals surface area contributed by atoms with Gasteiger partial charge in [-0.2, -0.15) is 0 Å². The normalized spacial score (nSPS) is 12.5. The van der Waals surface area contributed by atoms with Gasteiger partial charge in [0.2, 0.25) is 11.8 Å². The molecule has 2 unspecified atom stereocenters. The van der Waals surface area contributed by atoms with E-state index >= 15 is 0 Å². The minimum absolute atomic E-state index is 0.0527. The molecule has 0 aliphatic rings. The molecule has 0 spiro atoms. The van der Waals surface area contributed by atoms with E-state index in [2.05, 4.69) is 5.32 Å². The summed E-state index contributed by atoms with van der Waals surface area (Å²) in [5.41, 5.74) is 1.79. The van der Waals surface area contributed by atoms with Crippen LogP contribution in [-0.2, 0) is 22.6 Å². The Bertz CT molecular complexity index is 851. The summed E-state index contributed by atoms with van der Waals surface area (Å²) in [6.45, 7) is 6.25. The van der Waals surface area contributed by atoms with Gasteiger partial charge in [0.05, 0.1) is 20.6 Å². The lowest BCUT2D eigenvalue weighted by Gasteiger charge is -2.31. The van der Waals surface area contributed by atoms with Crippen LogP contribution in [0.4, 0.5) is 0 Å². The van der Waals surface area contributed by atoms with E-state index in [-0.39, 0.29) is 24.3 Å². The minimum Gasteiger partial charge on any atom is -0.497 e. The highest BCUT2D eigenvalue weighted by Crippen LogP contribution is 2.19. The molecule has 0 aliphatic heterocycles. The largest absolute Gasteiger partial charge is 0.497 e. The lowest BCUT2D eigenvalue weighted by Crippen LogP contribution is -2.51. The predicted molar refractivity (Wildman–Crippen MR) is 122 cm³/mol. The van der Waals surface area contributed by atoms with E-state index in [4.69, 9.17) is 9.47 Å². The Labute approximate surface area is 185 Å². The summed E-state index contributed by atoms with van der Waals surface area (Å²) in [7, 11) is 3.22. The second-order valence-corrected chi connectivity index (χ2v) is 7.64. The number of rotatable bonds is 11. The smallest absolute Gasteiger partial charge is 0.243 e. The summed E-state index contributed by atoms with van der Waals surface area (Å²) in [5, 5.41) is 3.03. The fourth-order valence-electron chi connectivity index (χ4n) is 3.35. The van der Waals surface area contributed by atoms with Gasteiger partial charge in [-0.25, -0.2) is 0 Å². The second kappa shape index (κ2) is 12.0. The summed E-state index contributed by atoms with van der Waals surface area (Å²) in [6, 6.07) is 14.5. The number of nitrogens with zero attached hydrogens (tertiary/aromatic N) is 1. The molecule has 0 saturated carbocycles. The molecule has 0 radical (unpaired) electrons. The lowest BCUT2D eigenvalue weighted by molar-refractivity contribution is -0.141. The zero-order chi connectivity index (χ0) is 22.8. The van der Waals surface area contributed by atoms with E-state index in [0.29, 0.717) is 13.0 Å². The molecule has 2 amide bonds. The first-order valence-electron chi connectivity index (χ1n) is 10.8. The van der Waals surface area contributed by atoms with Gasteiger partial charge in [-0.15, -0.1) is 0 Å². The Morgan fingerprint density at radius 1 is 0.935 bits per heavy atom. The van der Waals surface area contributed by atoms with Gasteiger partial charge < -0.3 is 19.7 Å². The number of nitrogens with one attached hydrogen (secondary N) is 1. The van der Waals surface area contributed by atoms with Crippen molar-refractivity contribution in [2.24, 2.45) is 0 Å². The van der Waals surface area contributed by atoms with Crippen molar-refractivity contribution in [2.75, 3.05) is 14.2 Å². The Morgan fingerprint density at radius 3 is 2.19 bits per heavy atom. The summed E-state index contributed by atoms with van der Waals surface area (Å²) >= 11 is 0. The second-order valence-electron chi connectivity index (χ2n) is 7.64. The maximum absolute atomic E-state index is 13.4. The first-order valence-corrected chi connectivity index (χ1v) is 10.8. The molecular weight excluding hydrogens is 392 g/mol. The Morgan fingerprint density at radius 2 is 1.61 bits per heavy atom. The third kappa shape index (κ3) is 7.02. The zero-order valence-electron chi connectivity index (χ0n) is 19.2. The average molecular weight is 427 g/mol. The van der Waals surface area contributed by atoms with Crippen molar-refractivity contribution >= 4 is 11.8 Å². The van der Waals surface area contributed by atoms with Crippen LogP contribution in [0.5, 0.6) is 11.5 Å². The van der Waals surface area contributed by atoms with Crippen LogP contribution in [-0.4, -0.2) is 43.0 Å². The maximum Gasteiger partial charge on any atom is 0.243 e. The number of amides is 2. The fourth-order valence-corrected chi connectivity index (χ4v) is 3.35. The maximum atomic E-state index is 13.4. The third-order valence-corrected chi connectivity index (χ3v) is 5.39. The van der Waals surface area contributed by atoms with Gasteiger partial charge in [0, 0.05) is 12.6 Å². The molecule has 1 N–H and O–H groups in total. The van der Waals surface area contributed by atoms with Gasteiger partial charge in [0.15, 0.2) is 0 Å². The van der Waals surface area contributed by atoms with Gasteiger partial charge in [-0.1, -0.05) is 38.1 Å². The molecule has 0 heterocycles. The number of methoxy groups -OCH3 is 2. The topological polar surface area (TPSA) is 67.9 Å². The van der Waals surface area contributed by atoms with Crippen LogP contribution in [0.3, 0.4) is 0 Å². The third-order valence-electron chi connectivity index (χ3n) is 5.39. The molecule has 0 saturated heterocycles. The van der Waals surface area contributed by atoms with E-state index in [9.17, 15) is 9.59 Å². The number of hydrogen-bond donors (Lipinski definition) is 1.